The zero-order valence-electron chi connectivity index (χ0n) is 9.17. The van der Waals surface area contributed by atoms with Crippen LogP contribution in [0.2, 0.25) is 0 Å². The quantitative estimate of drug-likeness (QED) is 0.573. The SMILES string of the molecule is Nc1ccc(NCC2(CCO)CC2)c(I)c1. The maximum Gasteiger partial charge on any atom is 0.0477 e. The molecule has 1 aromatic carbocycles. The van der Waals surface area contributed by atoms with Crippen LogP contribution in [0, 0.1) is 8.99 Å². The minimum atomic E-state index is 0.292. The summed E-state index contributed by atoms with van der Waals surface area (Å²) in [4.78, 5) is 0. The van der Waals surface area contributed by atoms with Gasteiger partial charge in [0.25, 0.3) is 0 Å². The lowest BCUT2D eigenvalue weighted by Gasteiger charge is -2.16. The molecule has 1 aliphatic rings. The van der Waals surface area contributed by atoms with Gasteiger partial charge in [-0.1, -0.05) is 0 Å². The summed E-state index contributed by atoms with van der Waals surface area (Å²) in [5.74, 6) is 0. The highest BCUT2D eigenvalue weighted by molar-refractivity contribution is 14.1. The van der Waals surface area contributed by atoms with E-state index in [2.05, 4.69) is 27.9 Å². The van der Waals surface area contributed by atoms with Gasteiger partial charge >= 0.3 is 0 Å². The Kier molecular flexibility index (Phi) is 3.59. The second-order valence-electron chi connectivity index (χ2n) is 4.57. The van der Waals surface area contributed by atoms with E-state index >= 15 is 0 Å². The molecule has 1 saturated carbocycles. The van der Waals surface area contributed by atoms with Gasteiger partial charge in [-0.25, -0.2) is 0 Å². The second kappa shape index (κ2) is 4.79. The van der Waals surface area contributed by atoms with E-state index in [9.17, 15) is 0 Å². The van der Waals surface area contributed by atoms with Gasteiger partial charge in [0.15, 0.2) is 0 Å². The number of nitrogen functional groups attached to an aromatic ring is 1. The number of nitrogens with one attached hydrogen (secondary N) is 1. The van der Waals surface area contributed by atoms with Crippen LogP contribution in [-0.2, 0) is 0 Å². The maximum absolute atomic E-state index is 8.98. The molecule has 0 aromatic heterocycles. The zero-order valence-corrected chi connectivity index (χ0v) is 11.3. The fraction of sp³-hybridized carbons (Fsp3) is 0.500. The van der Waals surface area contributed by atoms with Crippen LogP contribution in [0.15, 0.2) is 18.2 Å². The molecule has 0 unspecified atom stereocenters. The molecule has 4 heteroatoms. The van der Waals surface area contributed by atoms with E-state index in [0.29, 0.717) is 12.0 Å². The van der Waals surface area contributed by atoms with Gasteiger partial charge in [-0.3, -0.25) is 0 Å². The summed E-state index contributed by atoms with van der Waals surface area (Å²) in [5.41, 5.74) is 7.99. The standard InChI is InChI=1S/C12H17IN2O/c13-10-7-9(14)1-2-11(10)15-8-12(3-4-12)5-6-16/h1-2,7,15-16H,3-6,8,14H2. The average Bonchev–Trinajstić information content (AvgIpc) is 2.98. The van der Waals surface area contributed by atoms with Crippen LogP contribution in [0.4, 0.5) is 11.4 Å². The van der Waals surface area contributed by atoms with Crippen LogP contribution >= 0.6 is 22.6 Å². The van der Waals surface area contributed by atoms with Crippen molar-refractivity contribution in [2.24, 2.45) is 5.41 Å². The van der Waals surface area contributed by atoms with E-state index in [0.717, 1.165) is 27.9 Å². The number of hydrogen-bond acceptors (Lipinski definition) is 3. The number of anilines is 2. The highest BCUT2D eigenvalue weighted by Gasteiger charge is 2.41. The smallest absolute Gasteiger partial charge is 0.0477 e. The van der Waals surface area contributed by atoms with Crippen molar-refractivity contribution in [1.29, 1.82) is 0 Å². The lowest BCUT2D eigenvalue weighted by Crippen LogP contribution is -2.17. The van der Waals surface area contributed by atoms with Gasteiger partial charge in [0, 0.05) is 28.1 Å². The van der Waals surface area contributed by atoms with Crippen molar-refractivity contribution in [2.45, 2.75) is 19.3 Å². The summed E-state index contributed by atoms with van der Waals surface area (Å²) in [6.07, 6.45) is 3.36. The molecular formula is C12H17IN2O. The number of hydrogen-bond donors (Lipinski definition) is 3. The molecule has 16 heavy (non-hydrogen) atoms. The van der Waals surface area contributed by atoms with Crippen molar-refractivity contribution >= 4 is 34.0 Å². The molecule has 2 rings (SSSR count). The van der Waals surface area contributed by atoms with E-state index in [1.807, 2.05) is 18.2 Å². The first kappa shape index (κ1) is 12.0. The lowest BCUT2D eigenvalue weighted by atomic mass is 10.0. The zero-order chi connectivity index (χ0) is 11.6. The van der Waals surface area contributed by atoms with Crippen molar-refractivity contribution in [3.8, 4) is 0 Å². The number of aliphatic hydroxyl groups is 1. The van der Waals surface area contributed by atoms with Crippen LogP contribution < -0.4 is 11.1 Å². The van der Waals surface area contributed by atoms with Crippen molar-refractivity contribution in [3.05, 3.63) is 21.8 Å². The predicted molar refractivity (Wildman–Crippen MR) is 75.4 cm³/mol. The van der Waals surface area contributed by atoms with Crippen LogP contribution in [0.3, 0.4) is 0 Å². The highest BCUT2D eigenvalue weighted by atomic mass is 127. The van der Waals surface area contributed by atoms with E-state index in [1.54, 1.807) is 0 Å². The summed E-state index contributed by atoms with van der Waals surface area (Å²) in [7, 11) is 0. The molecule has 0 radical (unpaired) electrons. The monoisotopic (exact) mass is 332 g/mol. The number of halogens is 1. The van der Waals surface area contributed by atoms with Crippen LogP contribution in [0.25, 0.3) is 0 Å². The molecule has 4 N–H and O–H groups in total. The summed E-state index contributed by atoms with van der Waals surface area (Å²) in [6.45, 7) is 1.24. The topological polar surface area (TPSA) is 58.3 Å². The number of rotatable bonds is 5. The van der Waals surface area contributed by atoms with Gasteiger partial charge in [0.2, 0.25) is 0 Å². The van der Waals surface area contributed by atoms with Gasteiger partial charge in [0.1, 0.15) is 0 Å². The van der Waals surface area contributed by atoms with Gasteiger partial charge < -0.3 is 16.2 Å². The molecular weight excluding hydrogens is 315 g/mol. The predicted octanol–water partition coefficient (Wildman–Crippen LogP) is 2.45. The second-order valence-corrected chi connectivity index (χ2v) is 5.73. The third-order valence-corrected chi connectivity index (χ3v) is 4.14. The average molecular weight is 332 g/mol. The Balaban J connectivity index is 1.94. The molecule has 0 aliphatic heterocycles. The molecule has 3 nitrogen and oxygen atoms in total. The maximum atomic E-state index is 8.98. The molecule has 0 spiro atoms. The van der Waals surface area contributed by atoms with Gasteiger partial charge in [-0.05, 0) is 65.5 Å². The highest BCUT2D eigenvalue weighted by Crippen LogP contribution is 2.48. The summed E-state index contributed by atoms with van der Waals surface area (Å²) in [5, 5.41) is 12.4. The Hall–Kier alpha value is -0.490. The molecule has 0 amide bonds. The molecule has 0 heterocycles. The van der Waals surface area contributed by atoms with Crippen LogP contribution in [0.5, 0.6) is 0 Å². The normalized spacial score (nSPS) is 17.1. The third kappa shape index (κ3) is 2.79. The number of benzene rings is 1. The minimum absolute atomic E-state index is 0.292. The number of aliphatic hydroxyl groups excluding tert-OH is 1. The molecule has 88 valence electrons. The Morgan fingerprint density at radius 3 is 2.75 bits per heavy atom. The van der Waals surface area contributed by atoms with E-state index < -0.39 is 0 Å². The molecule has 0 saturated heterocycles. The first-order valence-corrected chi connectivity index (χ1v) is 6.63. The Labute approximate surface area is 110 Å². The van der Waals surface area contributed by atoms with Crippen LogP contribution in [-0.4, -0.2) is 18.3 Å². The van der Waals surface area contributed by atoms with Gasteiger partial charge in [-0.2, -0.15) is 0 Å². The molecule has 1 aromatic rings. The van der Waals surface area contributed by atoms with E-state index in [4.69, 9.17) is 10.8 Å². The summed E-state index contributed by atoms with van der Waals surface area (Å²) in [6, 6.07) is 5.90. The van der Waals surface area contributed by atoms with Gasteiger partial charge in [0.05, 0.1) is 0 Å². The largest absolute Gasteiger partial charge is 0.399 e. The van der Waals surface area contributed by atoms with Crippen molar-refractivity contribution in [2.75, 3.05) is 24.2 Å². The fourth-order valence-electron chi connectivity index (χ4n) is 1.89. The molecule has 0 atom stereocenters. The van der Waals surface area contributed by atoms with Crippen molar-refractivity contribution in [1.82, 2.24) is 0 Å². The van der Waals surface area contributed by atoms with E-state index in [-0.39, 0.29) is 0 Å². The summed E-state index contributed by atoms with van der Waals surface area (Å²) >= 11 is 2.29. The summed E-state index contributed by atoms with van der Waals surface area (Å²) < 4.78 is 1.15. The third-order valence-electron chi connectivity index (χ3n) is 3.25. The van der Waals surface area contributed by atoms with Gasteiger partial charge in [-0.15, -0.1) is 0 Å². The van der Waals surface area contributed by atoms with E-state index in [1.165, 1.54) is 12.8 Å². The first-order valence-electron chi connectivity index (χ1n) is 5.55. The number of nitrogens with two attached hydrogens (primary N) is 1. The Bertz CT molecular complexity index is 377. The lowest BCUT2D eigenvalue weighted by molar-refractivity contribution is 0.253. The minimum Gasteiger partial charge on any atom is -0.399 e. The molecule has 0 bridgehead atoms. The Morgan fingerprint density at radius 2 is 2.19 bits per heavy atom. The van der Waals surface area contributed by atoms with Crippen molar-refractivity contribution in [3.63, 3.8) is 0 Å². The molecule has 1 fully saturated rings. The molecule has 1 aliphatic carbocycles. The Morgan fingerprint density at radius 1 is 1.44 bits per heavy atom. The first-order chi connectivity index (χ1) is 7.65. The van der Waals surface area contributed by atoms with Crippen LogP contribution in [0.1, 0.15) is 19.3 Å². The fourth-order valence-corrected chi connectivity index (χ4v) is 2.62. The van der Waals surface area contributed by atoms with Crippen molar-refractivity contribution < 1.29 is 5.11 Å².